The first kappa shape index (κ1) is 23.1. The number of rotatable bonds is 9. The van der Waals surface area contributed by atoms with Crippen LogP contribution >= 0.6 is 0 Å². The van der Waals surface area contributed by atoms with Gasteiger partial charge >= 0.3 is 17.9 Å². The molecule has 0 unspecified atom stereocenters. The van der Waals surface area contributed by atoms with Crippen LogP contribution in [0.1, 0.15) is 53.0 Å². The highest BCUT2D eigenvalue weighted by atomic mass is 16.5. The molecule has 28 heavy (non-hydrogen) atoms. The first-order valence-corrected chi connectivity index (χ1v) is 9.11. The van der Waals surface area contributed by atoms with Gasteiger partial charge in [0.15, 0.2) is 0 Å². The molecule has 0 aromatic heterocycles. The Balaban J connectivity index is 2.75. The second-order valence-corrected chi connectivity index (χ2v) is 6.58. The quantitative estimate of drug-likeness (QED) is 0.356. The molecule has 0 aliphatic carbocycles. The molecule has 0 aliphatic rings. The van der Waals surface area contributed by atoms with Gasteiger partial charge in [0.25, 0.3) is 0 Å². The van der Waals surface area contributed by atoms with E-state index in [0.29, 0.717) is 24.5 Å². The standard InChI is InChI=1S/C22H28O6/c1-15(7-6-8-16(2)14-26-17(3)23)9-10-20-13-21(27-18(4)24)11-12-22(20)28-19(5)25/h8-9,11-13H,6-7,10,14H2,1-5H3/b15-9+,16-8+. The smallest absolute Gasteiger partial charge is 0.308 e. The molecule has 0 atom stereocenters. The van der Waals surface area contributed by atoms with Crippen molar-refractivity contribution in [3.63, 3.8) is 0 Å². The highest BCUT2D eigenvalue weighted by Gasteiger charge is 2.09. The van der Waals surface area contributed by atoms with E-state index in [9.17, 15) is 14.4 Å². The third kappa shape index (κ3) is 9.71. The number of ether oxygens (including phenoxy) is 3. The van der Waals surface area contributed by atoms with E-state index < -0.39 is 11.9 Å². The average molecular weight is 388 g/mol. The Hall–Kier alpha value is -2.89. The molecular weight excluding hydrogens is 360 g/mol. The average Bonchev–Trinajstić information content (AvgIpc) is 2.59. The summed E-state index contributed by atoms with van der Waals surface area (Å²) < 4.78 is 15.3. The predicted molar refractivity (Wildman–Crippen MR) is 106 cm³/mol. The normalized spacial score (nSPS) is 11.8. The van der Waals surface area contributed by atoms with Gasteiger partial charge in [-0.1, -0.05) is 17.7 Å². The van der Waals surface area contributed by atoms with Gasteiger partial charge in [-0.2, -0.15) is 0 Å². The van der Waals surface area contributed by atoms with Crippen molar-refractivity contribution in [3.8, 4) is 11.5 Å². The summed E-state index contributed by atoms with van der Waals surface area (Å²) in [5.74, 6) is -0.245. The first-order valence-electron chi connectivity index (χ1n) is 9.11. The Kier molecular flexibility index (Phi) is 9.71. The number of carbonyl (C=O) groups is 3. The lowest BCUT2D eigenvalue weighted by molar-refractivity contribution is -0.140. The molecule has 0 fully saturated rings. The van der Waals surface area contributed by atoms with Crippen molar-refractivity contribution in [1.29, 1.82) is 0 Å². The summed E-state index contributed by atoms with van der Waals surface area (Å²) in [5, 5.41) is 0. The summed E-state index contributed by atoms with van der Waals surface area (Å²) >= 11 is 0. The molecular formula is C22H28O6. The number of hydrogen-bond donors (Lipinski definition) is 0. The summed E-state index contributed by atoms with van der Waals surface area (Å²) in [6.45, 7) is 8.33. The molecule has 152 valence electrons. The summed E-state index contributed by atoms with van der Waals surface area (Å²) in [4.78, 5) is 33.3. The van der Waals surface area contributed by atoms with E-state index in [0.717, 1.165) is 24.0 Å². The molecule has 0 radical (unpaired) electrons. The van der Waals surface area contributed by atoms with Gasteiger partial charge in [0, 0.05) is 26.3 Å². The third-order valence-electron chi connectivity index (χ3n) is 3.75. The molecule has 1 rings (SSSR count). The highest BCUT2D eigenvalue weighted by molar-refractivity contribution is 5.71. The highest BCUT2D eigenvalue weighted by Crippen LogP contribution is 2.26. The minimum Gasteiger partial charge on any atom is -0.461 e. The fourth-order valence-corrected chi connectivity index (χ4v) is 2.41. The number of carbonyl (C=O) groups excluding carboxylic acids is 3. The topological polar surface area (TPSA) is 78.9 Å². The van der Waals surface area contributed by atoms with Crippen molar-refractivity contribution in [2.75, 3.05) is 6.61 Å². The van der Waals surface area contributed by atoms with E-state index in [4.69, 9.17) is 14.2 Å². The molecule has 0 saturated carbocycles. The van der Waals surface area contributed by atoms with E-state index in [1.54, 1.807) is 18.2 Å². The third-order valence-corrected chi connectivity index (χ3v) is 3.75. The lowest BCUT2D eigenvalue weighted by atomic mass is 10.0. The van der Waals surface area contributed by atoms with E-state index in [1.165, 1.54) is 26.3 Å². The van der Waals surface area contributed by atoms with E-state index in [-0.39, 0.29) is 5.97 Å². The lowest BCUT2D eigenvalue weighted by Crippen LogP contribution is -2.06. The van der Waals surface area contributed by atoms with Gasteiger partial charge in [0.05, 0.1) is 0 Å². The molecule has 1 aromatic carbocycles. The Morgan fingerprint density at radius 1 is 0.857 bits per heavy atom. The van der Waals surface area contributed by atoms with Crippen LogP contribution < -0.4 is 9.47 Å². The molecule has 0 spiro atoms. The van der Waals surface area contributed by atoms with Crippen LogP contribution in [0.5, 0.6) is 11.5 Å². The molecule has 6 heteroatoms. The molecule has 0 bridgehead atoms. The number of allylic oxidation sites excluding steroid dienone is 3. The molecule has 0 aliphatic heterocycles. The van der Waals surface area contributed by atoms with Gasteiger partial charge in [0.1, 0.15) is 18.1 Å². The second-order valence-electron chi connectivity index (χ2n) is 6.58. The molecule has 0 N–H and O–H groups in total. The Labute approximate surface area is 166 Å². The number of esters is 3. The minimum atomic E-state index is -0.409. The molecule has 0 amide bonds. The fourth-order valence-electron chi connectivity index (χ4n) is 2.41. The Morgan fingerprint density at radius 2 is 1.54 bits per heavy atom. The maximum absolute atomic E-state index is 11.3. The van der Waals surface area contributed by atoms with Crippen LogP contribution in [0.25, 0.3) is 0 Å². The lowest BCUT2D eigenvalue weighted by Gasteiger charge is -2.10. The van der Waals surface area contributed by atoms with Crippen LogP contribution in [0.4, 0.5) is 0 Å². The first-order chi connectivity index (χ1) is 13.2. The second kappa shape index (κ2) is 11.7. The van der Waals surface area contributed by atoms with Crippen LogP contribution in [-0.2, 0) is 25.5 Å². The van der Waals surface area contributed by atoms with Gasteiger partial charge in [-0.15, -0.1) is 0 Å². The summed E-state index contributed by atoms with van der Waals surface area (Å²) in [5.41, 5.74) is 2.94. The molecule has 6 nitrogen and oxygen atoms in total. The van der Waals surface area contributed by atoms with Gasteiger partial charge in [-0.25, -0.2) is 0 Å². The van der Waals surface area contributed by atoms with E-state index in [2.05, 4.69) is 6.08 Å². The van der Waals surface area contributed by atoms with Gasteiger partial charge in [-0.05, 0) is 56.9 Å². The minimum absolute atomic E-state index is 0.289. The van der Waals surface area contributed by atoms with Gasteiger partial charge in [0.2, 0.25) is 0 Å². The van der Waals surface area contributed by atoms with Crippen molar-refractivity contribution in [3.05, 3.63) is 47.1 Å². The van der Waals surface area contributed by atoms with Gasteiger partial charge < -0.3 is 14.2 Å². The Bertz CT molecular complexity index is 773. The largest absolute Gasteiger partial charge is 0.461 e. The number of hydrogen-bond acceptors (Lipinski definition) is 6. The summed E-state index contributed by atoms with van der Waals surface area (Å²) in [6, 6.07) is 4.92. The van der Waals surface area contributed by atoms with Crippen molar-refractivity contribution in [2.24, 2.45) is 0 Å². The molecule has 1 aromatic rings. The van der Waals surface area contributed by atoms with Crippen LogP contribution in [0.2, 0.25) is 0 Å². The van der Waals surface area contributed by atoms with Crippen LogP contribution in [0.3, 0.4) is 0 Å². The predicted octanol–water partition coefficient (Wildman–Crippen LogP) is 4.32. The maximum Gasteiger partial charge on any atom is 0.308 e. The summed E-state index contributed by atoms with van der Waals surface area (Å²) in [6.07, 6.45) is 6.32. The van der Waals surface area contributed by atoms with Crippen molar-refractivity contribution in [1.82, 2.24) is 0 Å². The number of benzene rings is 1. The van der Waals surface area contributed by atoms with E-state index >= 15 is 0 Å². The maximum atomic E-state index is 11.3. The zero-order valence-electron chi connectivity index (χ0n) is 17.2. The van der Waals surface area contributed by atoms with Crippen molar-refractivity contribution < 1.29 is 28.6 Å². The zero-order chi connectivity index (χ0) is 21.1. The molecule has 0 saturated heterocycles. The monoisotopic (exact) mass is 388 g/mol. The fraction of sp³-hybridized carbons (Fsp3) is 0.409. The van der Waals surface area contributed by atoms with Gasteiger partial charge in [-0.3, -0.25) is 14.4 Å². The summed E-state index contributed by atoms with van der Waals surface area (Å²) in [7, 11) is 0. The van der Waals surface area contributed by atoms with Crippen molar-refractivity contribution in [2.45, 2.75) is 53.9 Å². The zero-order valence-corrected chi connectivity index (χ0v) is 17.2. The van der Waals surface area contributed by atoms with Crippen LogP contribution in [0.15, 0.2) is 41.5 Å². The van der Waals surface area contributed by atoms with Crippen LogP contribution in [0, 0.1) is 0 Å². The molecule has 0 heterocycles. The van der Waals surface area contributed by atoms with Crippen molar-refractivity contribution >= 4 is 17.9 Å². The van der Waals surface area contributed by atoms with Crippen LogP contribution in [-0.4, -0.2) is 24.5 Å². The SMILES string of the molecule is CC(=O)OC/C(C)=C/CC/C(C)=C/Cc1cc(OC(C)=O)ccc1OC(C)=O. The Morgan fingerprint density at radius 3 is 2.14 bits per heavy atom. The van der Waals surface area contributed by atoms with E-state index in [1.807, 2.05) is 19.9 Å².